The monoisotopic (exact) mass is 207 g/mol. The number of phenolic OH excluding ortho intramolecular Hbond substituents is 1. The summed E-state index contributed by atoms with van der Waals surface area (Å²) in [6.07, 6.45) is 3.08. The smallest absolute Gasteiger partial charge is 0.118 e. The molecule has 1 rings (SSSR count). The second-order valence-corrected chi connectivity index (χ2v) is 4.22. The van der Waals surface area contributed by atoms with Gasteiger partial charge in [0.05, 0.1) is 0 Å². The highest BCUT2D eigenvalue weighted by Gasteiger charge is 2.02. The van der Waals surface area contributed by atoms with Gasteiger partial charge in [0.25, 0.3) is 0 Å². The Morgan fingerprint density at radius 1 is 1.27 bits per heavy atom. The molecule has 0 heterocycles. The van der Waals surface area contributed by atoms with Crippen LogP contribution in [0.5, 0.6) is 5.75 Å². The lowest BCUT2D eigenvalue weighted by molar-refractivity contribution is 0.397. The quantitative estimate of drug-likeness (QED) is 0.801. The first-order valence-electron chi connectivity index (χ1n) is 5.59. The van der Waals surface area contributed by atoms with Crippen molar-refractivity contribution >= 4 is 0 Å². The predicted molar refractivity (Wildman–Crippen MR) is 64.4 cm³/mol. The molecular formula is C13H21NO. The first-order chi connectivity index (χ1) is 7.13. The molecule has 1 N–H and O–H groups in total. The van der Waals surface area contributed by atoms with Crippen LogP contribution < -0.4 is 0 Å². The van der Waals surface area contributed by atoms with E-state index in [-0.39, 0.29) is 0 Å². The molecule has 0 aromatic heterocycles. The van der Waals surface area contributed by atoms with Crippen LogP contribution in [0.4, 0.5) is 0 Å². The standard InChI is InChI=1S/C13H21NO/c1-4-11-7-8-13(15)12(10-11)6-5-9-14(2)3/h7-8,10,15H,4-6,9H2,1-3H3. The van der Waals surface area contributed by atoms with Crippen molar-refractivity contribution in [2.45, 2.75) is 26.2 Å². The van der Waals surface area contributed by atoms with Crippen molar-refractivity contribution in [2.75, 3.05) is 20.6 Å². The van der Waals surface area contributed by atoms with Crippen molar-refractivity contribution in [1.29, 1.82) is 0 Å². The van der Waals surface area contributed by atoms with Gasteiger partial charge in [0, 0.05) is 0 Å². The largest absolute Gasteiger partial charge is 0.508 e. The van der Waals surface area contributed by atoms with Crippen LogP contribution in [0.2, 0.25) is 0 Å². The molecule has 0 aliphatic heterocycles. The van der Waals surface area contributed by atoms with Gasteiger partial charge < -0.3 is 10.0 Å². The lowest BCUT2D eigenvalue weighted by atomic mass is 10.0. The molecule has 2 nitrogen and oxygen atoms in total. The second kappa shape index (κ2) is 5.76. The summed E-state index contributed by atoms with van der Waals surface area (Å²) >= 11 is 0. The summed E-state index contributed by atoms with van der Waals surface area (Å²) in [6, 6.07) is 5.92. The van der Waals surface area contributed by atoms with Gasteiger partial charge in [0.15, 0.2) is 0 Å². The van der Waals surface area contributed by atoms with E-state index in [1.54, 1.807) is 0 Å². The maximum atomic E-state index is 9.68. The topological polar surface area (TPSA) is 23.5 Å². The van der Waals surface area contributed by atoms with Gasteiger partial charge in [-0.05, 0) is 57.1 Å². The van der Waals surface area contributed by atoms with Gasteiger partial charge in [-0.25, -0.2) is 0 Å². The van der Waals surface area contributed by atoms with E-state index in [9.17, 15) is 5.11 Å². The van der Waals surface area contributed by atoms with Crippen molar-refractivity contribution in [3.8, 4) is 5.75 Å². The third-order valence-electron chi connectivity index (χ3n) is 2.60. The van der Waals surface area contributed by atoms with Crippen LogP contribution in [0, 0.1) is 0 Å². The second-order valence-electron chi connectivity index (χ2n) is 4.22. The average molecular weight is 207 g/mol. The van der Waals surface area contributed by atoms with Crippen molar-refractivity contribution < 1.29 is 5.11 Å². The normalized spacial score (nSPS) is 10.9. The van der Waals surface area contributed by atoms with Crippen molar-refractivity contribution in [1.82, 2.24) is 4.90 Å². The van der Waals surface area contributed by atoms with Crippen molar-refractivity contribution in [2.24, 2.45) is 0 Å². The zero-order valence-corrected chi connectivity index (χ0v) is 9.95. The zero-order valence-electron chi connectivity index (χ0n) is 9.95. The lowest BCUT2D eigenvalue weighted by Gasteiger charge is -2.10. The molecular weight excluding hydrogens is 186 g/mol. The van der Waals surface area contributed by atoms with Crippen LogP contribution in [0.25, 0.3) is 0 Å². The minimum atomic E-state index is 0.436. The third kappa shape index (κ3) is 3.92. The van der Waals surface area contributed by atoms with E-state index in [0.29, 0.717) is 5.75 Å². The highest BCUT2D eigenvalue weighted by molar-refractivity contribution is 5.36. The Morgan fingerprint density at radius 2 is 2.00 bits per heavy atom. The SMILES string of the molecule is CCc1ccc(O)c(CCCN(C)C)c1. The summed E-state index contributed by atoms with van der Waals surface area (Å²) in [6.45, 7) is 3.20. The van der Waals surface area contributed by atoms with E-state index < -0.39 is 0 Å². The number of aryl methyl sites for hydroxylation is 2. The Bertz CT molecular complexity index is 307. The van der Waals surface area contributed by atoms with E-state index in [1.807, 2.05) is 12.1 Å². The minimum absolute atomic E-state index is 0.436. The summed E-state index contributed by atoms with van der Waals surface area (Å²) in [5, 5.41) is 9.68. The molecule has 0 bridgehead atoms. The molecule has 0 saturated carbocycles. The number of aromatic hydroxyl groups is 1. The van der Waals surface area contributed by atoms with Gasteiger partial charge in [0.2, 0.25) is 0 Å². The van der Waals surface area contributed by atoms with E-state index in [2.05, 4.69) is 32.0 Å². The number of hydrogen-bond donors (Lipinski definition) is 1. The molecule has 1 aromatic carbocycles. The fourth-order valence-electron chi connectivity index (χ4n) is 1.64. The predicted octanol–water partition coefficient (Wildman–Crippen LogP) is 2.45. The van der Waals surface area contributed by atoms with Crippen LogP contribution in [0.1, 0.15) is 24.5 Å². The Balaban J connectivity index is 2.59. The van der Waals surface area contributed by atoms with Gasteiger partial charge >= 0.3 is 0 Å². The van der Waals surface area contributed by atoms with E-state index >= 15 is 0 Å². The fraction of sp³-hybridized carbons (Fsp3) is 0.538. The molecule has 1 aromatic rings. The number of phenols is 1. The van der Waals surface area contributed by atoms with Gasteiger partial charge in [-0.1, -0.05) is 19.1 Å². The van der Waals surface area contributed by atoms with Gasteiger partial charge in [0.1, 0.15) is 5.75 Å². The van der Waals surface area contributed by atoms with Crippen molar-refractivity contribution in [3.05, 3.63) is 29.3 Å². The molecule has 0 atom stereocenters. The zero-order chi connectivity index (χ0) is 11.3. The first kappa shape index (κ1) is 12.1. The van der Waals surface area contributed by atoms with Gasteiger partial charge in [-0.3, -0.25) is 0 Å². The number of nitrogens with zero attached hydrogens (tertiary/aromatic N) is 1. The molecule has 0 unspecified atom stereocenters. The number of hydrogen-bond acceptors (Lipinski definition) is 2. The number of benzene rings is 1. The van der Waals surface area contributed by atoms with E-state index in [1.165, 1.54) is 5.56 Å². The minimum Gasteiger partial charge on any atom is -0.508 e. The molecule has 0 saturated heterocycles. The Hall–Kier alpha value is -1.02. The molecule has 0 aliphatic rings. The van der Waals surface area contributed by atoms with Crippen LogP contribution in [0.15, 0.2) is 18.2 Å². The molecule has 0 amide bonds. The van der Waals surface area contributed by atoms with Crippen LogP contribution >= 0.6 is 0 Å². The Morgan fingerprint density at radius 3 is 2.60 bits per heavy atom. The Labute approximate surface area is 92.5 Å². The van der Waals surface area contributed by atoms with Crippen LogP contribution in [-0.4, -0.2) is 30.6 Å². The first-order valence-corrected chi connectivity index (χ1v) is 5.59. The number of rotatable bonds is 5. The highest BCUT2D eigenvalue weighted by Crippen LogP contribution is 2.20. The molecule has 0 fully saturated rings. The van der Waals surface area contributed by atoms with E-state index in [0.717, 1.165) is 31.4 Å². The highest BCUT2D eigenvalue weighted by atomic mass is 16.3. The third-order valence-corrected chi connectivity index (χ3v) is 2.60. The summed E-state index contributed by atoms with van der Waals surface area (Å²) in [7, 11) is 4.14. The Kier molecular flexibility index (Phi) is 4.63. The maximum Gasteiger partial charge on any atom is 0.118 e. The van der Waals surface area contributed by atoms with Crippen molar-refractivity contribution in [3.63, 3.8) is 0 Å². The molecule has 2 heteroatoms. The fourth-order valence-corrected chi connectivity index (χ4v) is 1.64. The summed E-state index contributed by atoms with van der Waals surface area (Å²) in [5.74, 6) is 0.436. The average Bonchev–Trinajstić information content (AvgIpc) is 2.20. The van der Waals surface area contributed by atoms with Crippen LogP contribution in [0.3, 0.4) is 0 Å². The van der Waals surface area contributed by atoms with Gasteiger partial charge in [-0.2, -0.15) is 0 Å². The summed E-state index contributed by atoms with van der Waals surface area (Å²) in [5.41, 5.74) is 2.38. The summed E-state index contributed by atoms with van der Waals surface area (Å²) in [4.78, 5) is 2.17. The molecule has 0 spiro atoms. The van der Waals surface area contributed by atoms with E-state index in [4.69, 9.17) is 0 Å². The summed E-state index contributed by atoms with van der Waals surface area (Å²) < 4.78 is 0. The molecule has 0 radical (unpaired) electrons. The van der Waals surface area contributed by atoms with Crippen LogP contribution in [-0.2, 0) is 12.8 Å². The molecule has 15 heavy (non-hydrogen) atoms. The maximum absolute atomic E-state index is 9.68. The lowest BCUT2D eigenvalue weighted by Crippen LogP contribution is -2.13. The van der Waals surface area contributed by atoms with Gasteiger partial charge in [-0.15, -0.1) is 0 Å². The molecule has 84 valence electrons. The molecule has 0 aliphatic carbocycles.